The maximum absolute atomic E-state index is 13.3. The first-order chi connectivity index (χ1) is 10.2. The van der Waals surface area contributed by atoms with Crippen LogP contribution in [0.4, 0.5) is 4.39 Å². The fourth-order valence-electron chi connectivity index (χ4n) is 2.44. The van der Waals surface area contributed by atoms with Gasteiger partial charge in [-0.3, -0.25) is 0 Å². The van der Waals surface area contributed by atoms with Crippen molar-refractivity contribution >= 4 is 33.0 Å². The van der Waals surface area contributed by atoms with E-state index >= 15 is 0 Å². The van der Waals surface area contributed by atoms with Crippen LogP contribution in [0, 0.1) is 5.82 Å². The van der Waals surface area contributed by atoms with Crippen molar-refractivity contribution in [3.8, 4) is 0 Å². The van der Waals surface area contributed by atoms with Gasteiger partial charge in [0.25, 0.3) is 0 Å². The highest BCUT2D eigenvalue weighted by molar-refractivity contribution is 7.19. The zero-order chi connectivity index (χ0) is 14.8. The summed E-state index contributed by atoms with van der Waals surface area (Å²) in [5, 5.41) is 5.06. The second-order valence-corrected chi connectivity index (χ2v) is 6.49. The minimum atomic E-state index is -0.195. The van der Waals surface area contributed by atoms with Crippen LogP contribution < -0.4 is 5.32 Å². The molecule has 2 aromatic carbocycles. The first-order valence-corrected chi connectivity index (χ1v) is 7.96. The van der Waals surface area contributed by atoms with Gasteiger partial charge in [0, 0.05) is 20.6 Å². The maximum Gasteiger partial charge on any atom is 0.123 e. The van der Waals surface area contributed by atoms with Gasteiger partial charge >= 0.3 is 0 Å². The average Bonchev–Trinajstić information content (AvgIpc) is 2.89. The van der Waals surface area contributed by atoms with Gasteiger partial charge in [-0.1, -0.05) is 29.8 Å². The predicted molar refractivity (Wildman–Crippen MR) is 88.7 cm³/mol. The molecule has 0 amide bonds. The number of thiophene rings is 1. The highest BCUT2D eigenvalue weighted by Crippen LogP contribution is 2.32. The Labute approximate surface area is 132 Å². The Morgan fingerprint density at radius 3 is 2.76 bits per heavy atom. The van der Waals surface area contributed by atoms with Crippen LogP contribution in [-0.4, -0.2) is 7.05 Å². The molecule has 1 unspecified atom stereocenters. The Morgan fingerprint density at radius 2 is 2.00 bits per heavy atom. The number of fused-ring (bicyclic) bond motifs is 1. The van der Waals surface area contributed by atoms with Crippen LogP contribution in [0.1, 0.15) is 16.5 Å². The zero-order valence-electron chi connectivity index (χ0n) is 11.6. The van der Waals surface area contributed by atoms with Gasteiger partial charge in [0.2, 0.25) is 0 Å². The Kier molecular flexibility index (Phi) is 4.24. The first-order valence-electron chi connectivity index (χ1n) is 6.77. The van der Waals surface area contributed by atoms with E-state index in [1.54, 1.807) is 17.4 Å². The molecule has 0 saturated carbocycles. The molecule has 3 aromatic rings. The minimum absolute atomic E-state index is 0.172. The standard InChI is InChI=1S/C17H15ClFNS/c1-20-15(9-11-4-2-3-5-14(11)18)17-10-12-8-13(19)6-7-16(12)21-17/h2-8,10,15,20H,9H2,1H3. The molecule has 0 aliphatic rings. The second-order valence-electron chi connectivity index (χ2n) is 4.97. The monoisotopic (exact) mass is 319 g/mol. The summed E-state index contributed by atoms with van der Waals surface area (Å²) in [5.74, 6) is -0.195. The highest BCUT2D eigenvalue weighted by Gasteiger charge is 2.15. The van der Waals surface area contributed by atoms with Crippen LogP contribution in [0.2, 0.25) is 5.02 Å². The Bertz CT molecular complexity index is 768. The number of likely N-dealkylation sites (N-methyl/N-ethyl adjacent to an activating group) is 1. The smallest absolute Gasteiger partial charge is 0.123 e. The Balaban J connectivity index is 1.93. The molecule has 0 radical (unpaired) electrons. The quantitative estimate of drug-likeness (QED) is 0.697. The number of hydrogen-bond acceptors (Lipinski definition) is 2. The molecule has 0 aliphatic heterocycles. The molecule has 0 fully saturated rings. The second kappa shape index (κ2) is 6.14. The lowest BCUT2D eigenvalue weighted by atomic mass is 10.0. The molecule has 4 heteroatoms. The summed E-state index contributed by atoms with van der Waals surface area (Å²) in [6.45, 7) is 0. The predicted octanol–water partition coefficient (Wildman–Crippen LogP) is 5.20. The summed E-state index contributed by atoms with van der Waals surface area (Å²) >= 11 is 7.93. The molecule has 0 saturated heterocycles. The summed E-state index contributed by atoms with van der Waals surface area (Å²) in [7, 11) is 1.94. The summed E-state index contributed by atoms with van der Waals surface area (Å²) in [6.07, 6.45) is 0.811. The topological polar surface area (TPSA) is 12.0 Å². The van der Waals surface area contributed by atoms with Gasteiger partial charge in [0.15, 0.2) is 0 Å². The molecule has 0 spiro atoms. The molecule has 0 bridgehead atoms. The highest BCUT2D eigenvalue weighted by atomic mass is 35.5. The number of hydrogen-bond donors (Lipinski definition) is 1. The van der Waals surface area contributed by atoms with Crippen molar-refractivity contribution in [2.45, 2.75) is 12.5 Å². The van der Waals surface area contributed by atoms with Gasteiger partial charge in [0.1, 0.15) is 5.82 Å². The average molecular weight is 320 g/mol. The summed E-state index contributed by atoms with van der Waals surface area (Å²) < 4.78 is 14.4. The van der Waals surface area contributed by atoms with Gasteiger partial charge in [-0.15, -0.1) is 11.3 Å². The van der Waals surface area contributed by atoms with Crippen molar-refractivity contribution < 1.29 is 4.39 Å². The van der Waals surface area contributed by atoms with Gasteiger partial charge in [-0.25, -0.2) is 4.39 Å². The van der Waals surface area contributed by atoms with E-state index in [0.717, 1.165) is 27.1 Å². The largest absolute Gasteiger partial charge is 0.312 e. The number of nitrogens with one attached hydrogen (secondary N) is 1. The first kappa shape index (κ1) is 14.5. The molecule has 1 nitrogen and oxygen atoms in total. The van der Waals surface area contributed by atoms with E-state index in [4.69, 9.17) is 11.6 Å². The molecule has 108 valence electrons. The number of rotatable bonds is 4. The third-order valence-electron chi connectivity index (χ3n) is 3.57. The van der Waals surface area contributed by atoms with Crippen LogP contribution in [-0.2, 0) is 6.42 Å². The fraction of sp³-hybridized carbons (Fsp3) is 0.176. The van der Waals surface area contributed by atoms with Gasteiger partial charge in [-0.05, 0) is 54.8 Å². The molecule has 1 atom stereocenters. The van der Waals surface area contributed by atoms with Crippen molar-refractivity contribution in [3.63, 3.8) is 0 Å². The molecular weight excluding hydrogens is 305 g/mol. The van der Waals surface area contributed by atoms with Crippen LogP contribution >= 0.6 is 22.9 Å². The molecule has 1 N–H and O–H groups in total. The normalized spacial score (nSPS) is 12.7. The summed E-state index contributed by atoms with van der Waals surface area (Å²) in [6, 6.07) is 15.0. The van der Waals surface area contributed by atoms with Crippen LogP contribution in [0.3, 0.4) is 0 Å². The Hall–Kier alpha value is -1.42. The van der Waals surface area contributed by atoms with E-state index in [0.29, 0.717) is 0 Å². The minimum Gasteiger partial charge on any atom is -0.312 e. The maximum atomic E-state index is 13.3. The molecule has 1 heterocycles. The van der Waals surface area contributed by atoms with Crippen LogP contribution in [0.25, 0.3) is 10.1 Å². The third-order valence-corrected chi connectivity index (χ3v) is 5.17. The summed E-state index contributed by atoms with van der Waals surface area (Å²) in [4.78, 5) is 1.19. The van der Waals surface area contributed by atoms with E-state index in [-0.39, 0.29) is 11.9 Å². The molecule has 21 heavy (non-hydrogen) atoms. The molecule has 0 aliphatic carbocycles. The van der Waals surface area contributed by atoms with Crippen molar-refractivity contribution in [1.82, 2.24) is 5.32 Å². The Morgan fingerprint density at radius 1 is 1.19 bits per heavy atom. The van der Waals surface area contributed by atoms with Crippen LogP contribution in [0.15, 0.2) is 48.5 Å². The van der Waals surface area contributed by atoms with Crippen LogP contribution in [0.5, 0.6) is 0 Å². The van der Waals surface area contributed by atoms with Crippen molar-refractivity contribution in [3.05, 3.63) is 69.8 Å². The van der Waals surface area contributed by atoms with Gasteiger partial charge in [-0.2, -0.15) is 0 Å². The molecule has 3 rings (SSSR count). The summed E-state index contributed by atoms with van der Waals surface area (Å²) in [5.41, 5.74) is 1.11. The van der Waals surface area contributed by atoms with E-state index in [9.17, 15) is 4.39 Å². The lowest BCUT2D eigenvalue weighted by Gasteiger charge is -2.15. The fourth-order valence-corrected chi connectivity index (χ4v) is 3.80. The van der Waals surface area contributed by atoms with Gasteiger partial charge < -0.3 is 5.32 Å². The third kappa shape index (κ3) is 3.10. The van der Waals surface area contributed by atoms with E-state index in [1.807, 2.05) is 37.4 Å². The van der Waals surface area contributed by atoms with E-state index in [1.165, 1.54) is 10.9 Å². The number of halogens is 2. The zero-order valence-corrected chi connectivity index (χ0v) is 13.1. The number of benzene rings is 2. The van der Waals surface area contributed by atoms with Crippen molar-refractivity contribution in [2.75, 3.05) is 7.05 Å². The molecule has 1 aromatic heterocycles. The lowest BCUT2D eigenvalue weighted by molar-refractivity contribution is 0.602. The lowest BCUT2D eigenvalue weighted by Crippen LogP contribution is -2.17. The van der Waals surface area contributed by atoms with Crippen molar-refractivity contribution in [2.24, 2.45) is 0 Å². The van der Waals surface area contributed by atoms with E-state index < -0.39 is 0 Å². The van der Waals surface area contributed by atoms with Crippen molar-refractivity contribution in [1.29, 1.82) is 0 Å². The SMILES string of the molecule is CNC(Cc1ccccc1Cl)c1cc2cc(F)ccc2s1. The molecular formula is C17H15ClFNS. The van der Waals surface area contributed by atoms with E-state index in [2.05, 4.69) is 11.4 Å². The van der Waals surface area contributed by atoms with Gasteiger partial charge in [0.05, 0.1) is 0 Å².